The first-order chi connectivity index (χ1) is 14.3. The molecule has 8 heteroatoms. The fraction of sp³-hybridized carbons (Fsp3) is 0.273. The Balaban J connectivity index is 1.70. The predicted octanol–water partition coefficient (Wildman–Crippen LogP) is 3.02. The van der Waals surface area contributed by atoms with Gasteiger partial charge in [-0.15, -0.1) is 0 Å². The lowest BCUT2D eigenvalue weighted by Crippen LogP contribution is -2.34. The molecule has 2 N–H and O–H groups in total. The third-order valence-electron chi connectivity index (χ3n) is 4.79. The number of carbonyl (C=O) groups excluding carboxylic acids is 2. The second kappa shape index (κ2) is 7.62. The molecule has 1 aliphatic heterocycles. The van der Waals surface area contributed by atoms with E-state index >= 15 is 0 Å². The van der Waals surface area contributed by atoms with Gasteiger partial charge in [0.05, 0.1) is 11.1 Å². The summed E-state index contributed by atoms with van der Waals surface area (Å²) in [5.41, 5.74) is 0.902. The van der Waals surface area contributed by atoms with Crippen molar-refractivity contribution >= 4 is 34.0 Å². The molecular weight excluding hydrogens is 384 g/mol. The Labute approximate surface area is 172 Å². The van der Waals surface area contributed by atoms with Gasteiger partial charge in [-0.05, 0) is 37.1 Å². The number of carbonyl (C=O) groups is 2. The van der Waals surface area contributed by atoms with Gasteiger partial charge in [-0.1, -0.05) is 32.0 Å². The van der Waals surface area contributed by atoms with Gasteiger partial charge in [-0.2, -0.15) is 5.10 Å². The van der Waals surface area contributed by atoms with Gasteiger partial charge in [0, 0.05) is 17.6 Å². The molecule has 0 spiro atoms. The van der Waals surface area contributed by atoms with E-state index in [2.05, 4.69) is 15.7 Å². The first-order valence-corrected chi connectivity index (χ1v) is 9.76. The highest BCUT2D eigenvalue weighted by molar-refractivity contribution is 6.11. The maximum absolute atomic E-state index is 13.1. The monoisotopic (exact) mass is 406 g/mol. The molecule has 0 saturated carbocycles. The first kappa shape index (κ1) is 19.6. The number of amides is 2. The summed E-state index contributed by atoms with van der Waals surface area (Å²) in [5.74, 6) is 0.0348. The molecule has 0 radical (unpaired) electrons. The lowest BCUT2D eigenvalue weighted by atomic mass is 10.1. The second-order valence-electron chi connectivity index (χ2n) is 7.69. The van der Waals surface area contributed by atoms with Gasteiger partial charge in [0.2, 0.25) is 0 Å². The van der Waals surface area contributed by atoms with E-state index in [-0.39, 0.29) is 23.1 Å². The molecule has 154 valence electrons. The van der Waals surface area contributed by atoms with E-state index in [0.29, 0.717) is 34.4 Å². The van der Waals surface area contributed by atoms with Gasteiger partial charge in [-0.25, -0.2) is 4.68 Å². The number of anilines is 2. The normalized spacial score (nSPS) is 15.5. The van der Waals surface area contributed by atoms with Crippen LogP contribution >= 0.6 is 0 Å². The third kappa shape index (κ3) is 3.63. The van der Waals surface area contributed by atoms with Crippen molar-refractivity contribution < 1.29 is 14.3 Å². The number of aromatic nitrogens is 2. The lowest BCUT2D eigenvalue weighted by Gasteiger charge is -2.23. The average molecular weight is 406 g/mol. The summed E-state index contributed by atoms with van der Waals surface area (Å²) < 4.78 is 6.87. The standard InChI is InChI=1S/C22H22N4O4/c1-12(2)11-26-22(29)16-7-5-4-6-15(16)19(25-26)21(28)23-14-8-9-18-17(10-14)24-20(27)13(3)30-18/h4-10,12-13H,11H2,1-3H3,(H,23,28)(H,24,27)/t13-/m1/s1. The van der Waals surface area contributed by atoms with E-state index in [1.54, 1.807) is 49.4 Å². The summed E-state index contributed by atoms with van der Waals surface area (Å²) in [6.45, 7) is 6.03. The van der Waals surface area contributed by atoms with Gasteiger partial charge in [-0.3, -0.25) is 14.4 Å². The second-order valence-corrected chi connectivity index (χ2v) is 7.69. The molecule has 1 aliphatic rings. The number of nitrogens with one attached hydrogen (secondary N) is 2. The number of benzene rings is 2. The minimum absolute atomic E-state index is 0.164. The molecule has 2 aromatic carbocycles. The van der Waals surface area contributed by atoms with E-state index in [1.807, 2.05) is 13.8 Å². The van der Waals surface area contributed by atoms with Crippen LogP contribution in [0.2, 0.25) is 0 Å². The minimum Gasteiger partial charge on any atom is -0.479 e. The molecular formula is C22H22N4O4. The Morgan fingerprint density at radius 2 is 1.93 bits per heavy atom. The smallest absolute Gasteiger partial charge is 0.276 e. The molecule has 0 saturated heterocycles. The number of rotatable bonds is 4. The number of hydrogen-bond donors (Lipinski definition) is 2. The largest absolute Gasteiger partial charge is 0.479 e. The molecule has 0 aliphatic carbocycles. The van der Waals surface area contributed by atoms with Crippen molar-refractivity contribution in [2.75, 3.05) is 10.6 Å². The van der Waals surface area contributed by atoms with Crippen LogP contribution in [-0.2, 0) is 11.3 Å². The minimum atomic E-state index is -0.574. The Morgan fingerprint density at radius 3 is 2.67 bits per heavy atom. The molecule has 0 bridgehead atoms. The van der Waals surface area contributed by atoms with E-state index in [1.165, 1.54) is 4.68 Å². The Hall–Kier alpha value is -3.68. The lowest BCUT2D eigenvalue weighted by molar-refractivity contribution is -0.122. The van der Waals surface area contributed by atoms with Crippen molar-refractivity contribution in [2.24, 2.45) is 5.92 Å². The quantitative estimate of drug-likeness (QED) is 0.693. The summed E-state index contributed by atoms with van der Waals surface area (Å²) in [5, 5.41) is 10.8. The van der Waals surface area contributed by atoms with Gasteiger partial charge in [0.25, 0.3) is 17.4 Å². The van der Waals surface area contributed by atoms with Gasteiger partial charge in [0.1, 0.15) is 5.75 Å². The number of ether oxygens (including phenoxy) is 1. The van der Waals surface area contributed by atoms with Crippen LogP contribution < -0.4 is 20.9 Å². The van der Waals surface area contributed by atoms with Crippen molar-refractivity contribution in [1.82, 2.24) is 9.78 Å². The van der Waals surface area contributed by atoms with Crippen LogP contribution in [0.4, 0.5) is 11.4 Å². The van der Waals surface area contributed by atoms with Crippen molar-refractivity contribution in [1.29, 1.82) is 0 Å². The van der Waals surface area contributed by atoms with Crippen molar-refractivity contribution in [2.45, 2.75) is 33.4 Å². The van der Waals surface area contributed by atoms with Gasteiger partial charge >= 0.3 is 0 Å². The van der Waals surface area contributed by atoms with Crippen LogP contribution in [0.25, 0.3) is 10.8 Å². The average Bonchev–Trinajstić information content (AvgIpc) is 2.71. The number of fused-ring (bicyclic) bond motifs is 2. The Bertz CT molecular complexity index is 1220. The van der Waals surface area contributed by atoms with Crippen LogP contribution in [-0.4, -0.2) is 27.7 Å². The fourth-order valence-corrected chi connectivity index (χ4v) is 3.35. The molecule has 1 aromatic heterocycles. The van der Waals surface area contributed by atoms with E-state index in [4.69, 9.17) is 4.74 Å². The highest BCUT2D eigenvalue weighted by Gasteiger charge is 2.24. The Morgan fingerprint density at radius 1 is 1.20 bits per heavy atom. The van der Waals surface area contributed by atoms with E-state index in [9.17, 15) is 14.4 Å². The molecule has 2 amide bonds. The van der Waals surface area contributed by atoms with Crippen LogP contribution in [0.15, 0.2) is 47.3 Å². The SMILES string of the molecule is CC(C)Cn1nc(C(=O)Nc2ccc3c(c2)NC(=O)[C@@H](C)O3)c2ccccc2c1=O. The van der Waals surface area contributed by atoms with E-state index < -0.39 is 12.0 Å². The zero-order chi connectivity index (χ0) is 21.4. The molecule has 8 nitrogen and oxygen atoms in total. The maximum Gasteiger partial charge on any atom is 0.276 e. The van der Waals surface area contributed by atoms with E-state index in [0.717, 1.165) is 0 Å². The van der Waals surface area contributed by atoms with Crippen molar-refractivity contribution in [3.05, 3.63) is 58.5 Å². The van der Waals surface area contributed by atoms with Crippen LogP contribution in [0.1, 0.15) is 31.3 Å². The molecule has 0 fully saturated rings. The molecule has 30 heavy (non-hydrogen) atoms. The van der Waals surface area contributed by atoms with Gasteiger partial charge in [0.15, 0.2) is 11.8 Å². The summed E-state index contributed by atoms with van der Waals surface area (Å²) in [6.07, 6.45) is -0.574. The summed E-state index contributed by atoms with van der Waals surface area (Å²) in [7, 11) is 0. The zero-order valence-corrected chi connectivity index (χ0v) is 16.9. The summed E-state index contributed by atoms with van der Waals surface area (Å²) in [6, 6.07) is 11.9. The summed E-state index contributed by atoms with van der Waals surface area (Å²) >= 11 is 0. The van der Waals surface area contributed by atoms with Crippen molar-refractivity contribution in [3.63, 3.8) is 0 Å². The van der Waals surface area contributed by atoms with Crippen LogP contribution in [0, 0.1) is 5.92 Å². The first-order valence-electron chi connectivity index (χ1n) is 9.76. The van der Waals surface area contributed by atoms with Gasteiger partial charge < -0.3 is 15.4 Å². The maximum atomic E-state index is 13.1. The Kier molecular flexibility index (Phi) is 4.99. The predicted molar refractivity (Wildman–Crippen MR) is 114 cm³/mol. The zero-order valence-electron chi connectivity index (χ0n) is 16.9. The highest BCUT2D eigenvalue weighted by Crippen LogP contribution is 2.32. The van der Waals surface area contributed by atoms with Crippen LogP contribution in [0.5, 0.6) is 5.75 Å². The highest BCUT2D eigenvalue weighted by atomic mass is 16.5. The molecule has 1 atom stereocenters. The van der Waals surface area contributed by atoms with Crippen molar-refractivity contribution in [3.8, 4) is 5.75 Å². The molecule has 3 aromatic rings. The molecule has 2 heterocycles. The van der Waals surface area contributed by atoms with Crippen LogP contribution in [0.3, 0.4) is 0 Å². The molecule has 0 unspecified atom stereocenters. The summed E-state index contributed by atoms with van der Waals surface area (Å²) in [4.78, 5) is 37.6. The fourth-order valence-electron chi connectivity index (χ4n) is 3.35. The number of nitrogens with zero attached hydrogens (tertiary/aromatic N) is 2. The third-order valence-corrected chi connectivity index (χ3v) is 4.79. The topological polar surface area (TPSA) is 102 Å². The molecule has 4 rings (SSSR count). The number of hydrogen-bond acceptors (Lipinski definition) is 5.